The monoisotopic (exact) mass is 281 g/mol. The molecule has 0 fully saturated rings. The molecule has 1 N–H and O–H groups in total. The van der Waals surface area contributed by atoms with Crippen LogP contribution >= 0.6 is 11.6 Å². The maximum absolute atomic E-state index is 12.1. The van der Waals surface area contributed by atoms with Gasteiger partial charge in [-0.3, -0.25) is 4.72 Å². The van der Waals surface area contributed by atoms with Crippen molar-refractivity contribution in [3.8, 4) is 0 Å². The van der Waals surface area contributed by atoms with Crippen LogP contribution in [-0.4, -0.2) is 8.42 Å². The second-order valence-electron chi connectivity index (χ2n) is 3.75. The number of alkyl halides is 1. The summed E-state index contributed by atoms with van der Waals surface area (Å²) in [4.78, 5) is 0.237. The smallest absolute Gasteiger partial charge is 0.261 e. The molecule has 0 spiro atoms. The molecule has 0 saturated heterocycles. The fourth-order valence-electron chi connectivity index (χ4n) is 1.53. The summed E-state index contributed by atoms with van der Waals surface area (Å²) < 4.78 is 26.6. The summed E-state index contributed by atoms with van der Waals surface area (Å²) in [5, 5.41) is 0. The van der Waals surface area contributed by atoms with Crippen LogP contribution in [0.2, 0.25) is 0 Å². The van der Waals surface area contributed by atoms with E-state index in [1.54, 1.807) is 48.5 Å². The van der Waals surface area contributed by atoms with Crippen molar-refractivity contribution in [1.29, 1.82) is 0 Å². The highest BCUT2D eigenvalue weighted by molar-refractivity contribution is 7.92. The van der Waals surface area contributed by atoms with Crippen molar-refractivity contribution >= 4 is 27.3 Å². The van der Waals surface area contributed by atoms with Gasteiger partial charge in [0.05, 0.1) is 4.90 Å². The van der Waals surface area contributed by atoms with Crippen molar-refractivity contribution in [2.24, 2.45) is 0 Å². The van der Waals surface area contributed by atoms with Gasteiger partial charge in [-0.25, -0.2) is 8.42 Å². The molecule has 94 valence electrons. The number of sulfonamides is 1. The van der Waals surface area contributed by atoms with E-state index in [0.29, 0.717) is 11.6 Å². The lowest BCUT2D eigenvalue weighted by Crippen LogP contribution is -2.12. The number of anilines is 1. The van der Waals surface area contributed by atoms with Crippen molar-refractivity contribution in [1.82, 2.24) is 0 Å². The van der Waals surface area contributed by atoms with Gasteiger partial charge in [0.2, 0.25) is 0 Å². The Morgan fingerprint density at radius 2 is 1.72 bits per heavy atom. The Balaban J connectivity index is 2.28. The molecule has 2 aromatic carbocycles. The van der Waals surface area contributed by atoms with Crippen LogP contribution < -0.4 is 4.72 Å². The van der Waals surface area contributed by atoms with Crippen LogP contribution in [0.25, 0.3) is 0 Å². The van der Waals surface area contributed by atoms with Gasteiger partial charge in [-0.2, -0.15) is 0 Å². The summed E-state index contributed by atoms with van der Waals surface area (Å²) in [5.74, 6) is 0.348. The molecule has 0 amide bonds. The lowest BCUT2D eigenvalue weighted by Gasteiger charge is -2.08. The van der Waals surface area contributed by atoms with E-state index in [-0.39, 0.29) is 4.90 Å². The largest absolute Gasteiger partial charge is 0.280 e. The minimum absolute atomic E-state index is 0.237. The van der Waals surface area contributed by atoms with E-state index in [1.165, 1.54) is 0 Å². The van der Waals surface area contributed by atoms with E-state index in [4.69, 9.17) is 11.6 Å². The average molecular weight is 282 g/mol. The average Bonchev–Trinajstić information content (AvgIpc) is 2.39. The molecule has 0 atom stereocenters. The Hall–Kier alpha value is -1.52. The normalized spacial score (nSPS) is 11.2. The zero-order chi connectivity index (χ0) is 13.0. The standard InChI is InChI=1S/C13H12ClNO2S/c14-10-11-5-4-6-12(9-11)15-18(16,17)13-7-2-1-3-8-13/h1-9,15H,10H2. The summed E-state index contributed by atoms with van der Waals surface area (Å²) >= 11 is 5.71. The first kappa shape index (κ1) is 12.9. The molecule has 18 heavy (non-hydrogen) atoms. The van der Waals surface area contributed by atoms with Crippen LogP contribution in [-0.2, 0) is 15.9 Å². The molecule has 0 unspecified atom stereocenters. The van der Waals surface area contributed by atoms with Gasteiger partial charge >= 0.3 is 0 Å². The van der Waals surface area contributed by atoms with E-state index < -0.39 is 10.0 Å². The molecule has 0 aliphatic heterocycles. The van der Waals surface area contributed by atoms with Gasteiger partial charge in [0.1, 0.15) is 0 Å². The van der Waals surface area contributed by atoms with Crippen LogP contribution in [0.5, 0.6) is 0 Å². The summed E-state index contributed by atoms with van der Waals surface area (Å²) in [6.45, 7) is 0. The highest BCUT2D eigenvalue weighted by atomic mass is 35.5. The number of hydrogen-bond donors (Lipinski definition) is 1. The van der Waals surface area contributed by atoms with Gasteiger partial charge < -0.3 is 0 Å². The lowest BCUT2D eigenvalue weighted by molar-refractivity contribution is 0.601. The van der Waals surface area contributed by atoms with Crippen LogP contribution in [0.1, 0.15) is 5.56 Å². The maximum Gasteiger partial charge on any atom is 0.261 e. The van der Waals surface area contributed by atoms with Gasteiger partial charge in [-0.1, -0.05) is 30.3 Å². The summed E-state index contributed by atoms with van der Waals surface area (Å²) in [6, 6.07) is 15.3. The molecular formula is C13H12ClNO2S. The molecule has 0 aliphatic carbocycles. The second kappa shape index (κ2) is 5.42. The van der Waals surface area contributed by atoms with Gasteiger partial charge in [-0.15, -0.1) is 11.6 Å². The quantitative estimate of drug-likeness (QED) is 0.875. The molecule has 0 saturated carbocycles. The Morgan fingerprint density at radius 1 is 1.00 bits per heavy atom. The van der Waals surface area contributed by atoms with Crippen LogP contribution in [0.4, 0.5) is 5.69 Å². The van der Waals surface area contributed by atoms with Crippen LogP contribution in [0.3, 0.4) is 0 Å². The number of halogens is 1. The first-order chi connectivity index (χ1) is 8.62. The SMILES string of the molecule is O=S(=O)(Nc1cccc(CCl)c1)c1ccccc1. The third-order valence-corrected chi connectivity index (χ3v) is 4.09. The van der Waals surface area contributed by atoms with Gasteiger partial charge in [0, 0.05) is 11.6 Å². The summed E-state index contributed by atoms with van der Waals surface area (Å²) in [7, 11) is -3.53. The van der Waals surface area contributed by atoms with E-state index in [0.717, 1.165) is 5.56 Å². The van der Waals surface area contributed by atoms with Crippen molar-refractivity contribution in [3.63, 3.8) is 0 Å². The Morgan fingerprint density at radius 3 is 2.39 bits per heavy atom. The van der Waals surface area contributed by atoms with Crippen LogP contribution in [0, 0.1) is 0 Å². The molecular weight excluding hydrogens is 270 g/mol. The number of benzene rings is 2. The minimum Gasteiger partial charge on any atom is -0.280 e. The first-order valence-corrected chi connectivity index (χ1v) is 7.36. The predicted molar refractivity (Wildman–Crippen MR) is 73.2 cm³/mol. The molecule has 2 aromatic rings. The highest BCUT2D eigenvalue weighted by Gasteiger charge is 2.13. The van der Waals surface area contributed by atoms with Gasteiger partial charge in [0.15, 0.2) is 0 Å². The third kappa shape index (κ3) is 3.03. The van der Waals surface area contributed by atoms with E-state index in [1.807, 2.05) is 6.07 Å². The Kier molecular flexibility index (Phi) is 3.89. The van der Waals surface area contributed by atoms with Gasteiger partial charge in [0.25, 0.3) is 10.0 Å². The molecule has 3 nitrogen and oxygen atoms in total. The zero-order valence-electron chi connectivity index (χ0n) is 9.51. The molecule has 0 aliphatic rings. The lowest BCUT2D eigenvalue weighted by atomic mass is 10.2. The molecule has 0 bridgehead atoms. The molecule has 0 heterocycles. The second-order valence-corrected chi connectivity index (χ2v) is 5.70. The van der Waals surface area contributed by atoms with E-state index in [9.17, 15) is 8.42 Å². The summed E-state index contributed by atoms with van der Waals surface area (Å²) in [6.07, 6.45) is 0. The van der Waals surface area contributed by atoms with Crippen LogP contribution in [0.15, 0.2) is 59.5 Å². The number of nitrogens with one attached hydrogen (secondary N) is 1. The van der Waals surface area contributed by atoms with Crippen molar-refractivity contribution in [3.05, 3.63) is 60.2 Å². The number of rotatable bonds is 4. The fourth-order valence-corrected chi connectivity index (χ4v) is 2.77. The van der Waals surface area contributed by atoms with E-state index >= 15 is 0 Å². The van der Waals surface area contributed by atoms with Crippen molar-refractivity contribution in [2.45, 2.75) is 10.8 Å². The third-order valence-electron chi connectivity index (χ3n) is 2.39. The summed E-state index contributed by atoms with van der Waals surface area (Å²) in [5.41, 5.74) is 1.38. The van der Waals surface area contributed by atoms with Crippen molar-refractivity contribution in [2.75, 3.05) is 4.72 Å². The first-order valence-electron chi connectivity index (χ1n) is 5.34. The molecule has 2 rings (SSSR count). The van der Waals surface area contributed by atoms with Gasteiger partial charge in [-0.05, 0) is 29.8 Å². The topological polar surface area (TPSA) is 46.2 Å². The maximum atomic E-state index is 12.1. The molecule has 5 heteroatoms. The predicted octanol–water partition coefficient (Wildman–Crippen LogP) is 3.23. The fraction of sp³-hybridized carbons (Fsp3) is 0.0769. The highest BCUT2D eigenvalue weighted by Crippen LogP contribution is 2.17. The Labute approximate surface area is 111 Å². The molecule has 0 aromatic heterocycles. The number of hydrogen-bond acceptors (Lipinski definition) is 2. The van der Waals surface area contributed by atoms with E-state index in [2.05, 4.69) is 4.72 Å². The molecule has 0 radical (unpaired) electrons. The Bertz CT molecular complexity index is 626. The zero-order valence-corrected chi connectivity index (χ0v) is 11.1. The minimum atomic E-state index is -3.53. The van der Waals surface area contributed by atoms with Crippen molar-refractivity contribution < 1.29 is 8.42 Å².